The summed E-state index contributed by atoms with van der Waals surface area (Å²) in [6.07, 6.45) is 2.24. The molecule has 3 aromatic carbocycles. The number of hydrogen-bond donors (Lipinski definition) is 1. The molecule has 2 amide bonds. The zero-order valence-electron chi connectivity index (χ0n) is 18.7. The van der Waals surface area contributed by atoms with E-state index in [-0.39, 0.29) is 24.2 Å². The first-order valence-corrected chi connectivity index (χ1v) is 12.3. The third-order valence-corrected chi connectivity index (χ3v) is 7.57. The van der Waals surface area contributed by atoms with E-state index >= 15 is 0 Å². The third-order valence-electron chi connectivity index (χ3n) is 6.37. The van der Waals surface area contributed by atoms with Crippen LogP contribution in [0.5, 0.6) is 0 Å². The summed E-state index contributed by atoms with van der Waals surface area (Å²) < 4.78 is 1.19. The van der Waals surface area contributed by atoms with E-state index in [9.17, 15) is 9.59 Å². The number of para-hydroxylation sites is 1. The van der Waals surface area contributed by atoms with Crippen LogP contribution in [-0.2, 0) is 16.0 Å². The highest BCUT2D eigenvalue weighted by molar-refractivity contribution is 7.18. The number of nitrogens with zero attached hydrogens (tertiary/aromatic N) is 2. The predicted octanol–water partition coefficient (Wildman–Crippen LogP) is 4.90. The zero-order valence-corrected chi connectivity index (χ0v) is 19.5. The molecule has 0 spiro atoms. The van der Waals surface area contributed by atoms with Crippen molar-refractivity contribution in [3.63, 3.8) is 0 Å². The van der Waals surface area contributed by atoms with Crippen molar-refractivity contribution in [1.82, 2.24) is 15.2 Å². The molecule has 1 saturated heterocycles. The van der Waals surface area contributed by atoms with Crippen LogP contribution in [0, 0.1) is 0 Å². The second-order valence-electron chi connectivity index (χ2n) is 8.75. The average Bonchev–Trinajstić information content (AvgIpc) is 3.28. The second kappa shape index (κ2) is 9.32. The van der Waals surface area contributed by atoms with Crippen LogP contribution in [0.25, 0.3) is 21.0 Å². The lowest BCUT2D eigenvalue weighted by Crippen LogP contribution is -2.50. The van der Waals surface area contributed by atoms with Crippen LogP contribution in [0.3, 0.4) is 0 Å². The molecule has 0 saturated carbocycles. The maximum Gasteiger partial charge on any atom is 0.244 e. The Hall–Kier alpha value is -3.25. The van der Waals surface area contributed by atoms with E-state index in [1.807, 2.05) is 65.6 Å². The van der Waals surface area contributed by atoms with Crippen LogP contribution in [0.4, 0.5) is 0 Å². The number of fused-ring (bicyclic) bond motifs is 2. The molecule has 168 valence electrons. The Morgan fingerprint density at radius 3 is 2.76 bits per heavy atom. The number of benzene rings is 3. The van der Waals surface area contributed by atoms with Crippen molar-refractivity contribution in [1.29, 1.82) is 0 Å². The minimum absolute atomic E-state index is 0.0212. The Labute approximate surface area is 197 Å². The van der Waals surface area contributed by atoms with Crippen molar-refractivity contribution in [3.05, 3.63) is 77.3 Å². The Bertz CT molecular complexity index is 1280. The van der Waals surface area contributed by atoms with Crippen molar-refractivity contribution >= 4 is 44.1 Å². The van der Waals surface area contributed by atoms with E-state index in [4.69, 9.17) is 4.98 Å². The number of aromatic nitrogens is 1. The summed E-state index contributed by atoms with van der Waals surface area (Å²) in [6, 6.07) is 21.6. The van der Waals surface area contributed by atoms with Gasteiger partial charge in [0.2, 0.25) is 11.8 Å². The van der Waals surface area contributed by atoms with Gasteiger partial charge in [-0.3, -0.25) is 9.59 Å². The van der Waals surface area contributed by atoms with Gasteiger partial charge in [-0.05, 0) is 48.2 Å². The van der Waals surface area contributed by atoms with E-state index in [0.717, 1.165) is 46.2 Å². The molecule has 5 rings (SSSR count). The normalized spacial score (nSPS) is 17.2. The van der Waals surface area contributed by atoms with Gasteiger partial charge in [0.15, 0.2) is 0 Å². The van der Waals surface area contributed by atoms with E-state index < -0.39 is 6.04 Å². The second-order valence-corrected chi connectivity index (χ2v) is 9.81. The van der Waals surface area contributed by atoms with Gasteiger partial charge in [-0.2, -0.15) is 0 Å². The van der Waals surface area contributed by atoms with Gasteiger partial charge in [-0.15, -0.1) is 11.3 Å². The van der Waals surface area contributed by atoms with Crippen LogP contribution in [0.2, 0.25) is 0 Å². The van der Waals surface area contributed by atoms with Crippen LogP contribution in [-0.4, -0.2) is 40.8 Å². The smallest absolute Gasteiger partial charge is 0.244 e. The molecule has 1 aliphatic rings. The fraction of sp³-hybridized carbons (Fsp3) is 0.296. The van der Waals surface area contributed by atoms with Crippen LogP contribution < -0.4 is 5.32 Å². The lowest BCUT2D eigenvalue weighted by atomic mass is 9.98. The number of thiazole rings is 1. The van der Waals surface area contributed by atoms with Crippen LogP contribution in [0.15, 0.2) is 66.7 Å². The highest BCUT2D eigenvalue weighted by atomic mass is 32.1. The molecular weight excluding hydrogens is 430 g/mol. The van der Waals surface area contributed by atoms with Crippen LogP contribution >= 0.6 is 11.3 Å². The number of nitrogens with one attached hydrogen (secondary N) is 1. The molecule has 2 heterocycles. The summed E-state index contributed by atoms with van der Waals surface area (Å²) in [4.78, 5) is 32.6. The van der Waals surface area contributed by atoms with Crippen molar-refractivity contribution in [2.45, 2.75) is 38.1 Å². The SMILES string of the molecule is C[C@@H](NC(=O)Cc1cccc2ccccc12)C(=O)N1CCC[C@@H](c2nc3ccccc3s2)C1. The molecule has 1 aromatic heterocycles. The summed E-state index contributed by atoms with van der Waals surface area (Å²) in [7, 11) is 0. The lowest BCUT2D eigenvalue weighted by Gasteiger charge is -2.33. The first-order chi connectivity index (χ1) is 16.1. The van der Waals surface area contributed by atoms with Crippen molar-refractivity contribution in [3.8, 4) is 0 Å². The number of carbonyl (C=O) groups excluding carboxylic acids is 2. The summed E-state index contributed by atoms with van der Waals surface area (Å²) in [5.74, 6) is 0.0951. The molecule has 1 aliphatic heterocycles. The van der Waals surface area contributed by atoms with E-state index in [0.29, 0.717) is 6.54 Å². The number of likely N-dealkylation sites (tertiary alicyclic amines) is 1. The molecule has 0 aliphatic carbocycles. The fourth-order valence-electron chi connectivity index (χ4n) is 4.69. The number of amides is 2. The summed E-state index contributed by atoms with van der Waals surface area (Å²) in [5.41, 5.74) is 1.99. The lowest BCUT2D eigenvalue weighted by molar-refractivity contribution is -0.136. The third kappa shape index (κ3) is 4.62. The molecule has 2 atom stereocenters. The fourth-order valence-corrected chi connectivity index (χ4v) is 5.78. The number of hydrogen-bond acceptors (Lipinski definition) is 4. The van der Waals surface area contributed by atoms with Gasteiger partial charge in [0.25, 0.3) is 0 Å². The highest BCUT2D eigenvalue weighted by Crippen LogP contribution is 2.33. The van der Waals surface area contributed by atoms with Gasteiger partial charge < -0.3 is 10.2 Å². The topological polar surface area (TPSA) is 62.3 Å². The molecule has 5 nitrogen and oxygen atoms in total. The van der Waals surface area contributed by atoms with Crippen LogP contribution in [0.1, 0.15) is 36.3 Å². The Morgan fingerprint density at radius 2 is 1.88 bits per heavy atom. The van der Waals surface area contributed by atoms with Gasteiger partial charge in [-0.25, -0.2) is 4.98 Å². The average molecular weight is 458 g/mol. The maximum atomic E-state index is 13.1. The van der Waals surface area contributed by atoms with Gasteiger partial charge >= 0.3 is 0 Å². The molecule has 1 fully saturated rings. The standard InChI is InChI=1S/C27H27N3O2S/c1-18(28-25(31)16-20-10-6-9-19-8-2-3-12-22(19)20)27(32)30-15-7-11-21(17-30)26-29-23-13-4-5-14-24(23)33-26/h2-6,8-10,12-14,18,21H,7,11,15-17H2,1H3,(H,28,31)/t18-,21-/m1/s1. The molecule has 0 unspecified atom stereocenters. The Kier molecular flexibility index (Phi) is 6.09. The van der Waals surface area contributed by atoms with E-state index in [1.165, 1.54) is 4.70 Å². The predicted molar refractivity (Wildman–Crippen MR) is 133 cm³/mol. The molecule has 0 radical (unpaired) electrons. The molecular formula is C27H27N3O2S. The minimum Gasteiger partial charge on any atom is -0.344 e. The first kappa shape index (κ1) is 21.6. The zero-order chi connectivity index (χ0) is 22.8. The van der Waals surface area contributed by atoms with Crippen molar-refractivity contribution < 1.29 is 9.59 Å². The first-order valence-electron chi connectivity index (χ1n) is 11.5. The quantitative estimate of drug-likeness (QED) is 0.464. The van der Waals surface area contributed by atoms with Gasteiger partial charge in [0.05, 0.1) is 21.6 Å². The number of carbonyl (C=O) groups is 2. The minimum atomic E-state index is -0.554. The van der Waals surface area contributed by atoms with E-state index in [1.54, 1.807) is 18.3 Å². The summed E-state index contributed by atoms with van der Waals surface area (Å²) in [6.45, 7) is 3.16. The highest BCUT2D eigenvalue weighted by Gasteiger charge is 2.29. The molecule has 0 bridgehead atoms. The number of piperidine rings is 1. The molecule has 33 heavy (non-hydrogen) atoms. The summed E-state index contributed by atoms with van der Waals surface area (Å²) >= 11 is 1.72. The monoisotopic (exact) mass is 457 g/mol. The Morgan fingerprint density at radius 1 is 1.09 bits per heavy atom. The molecule has 1 N–H and O–H groups in total. The van der Waals surface area contributed by atoms with E-state index in [2.05, 4.69) is 11.4 Å². The van der Waals surface area contributed by atoms with Crippen molar-refractivity contribution in [2.24, 2.45) is 0 Å². The largest absolute Gasteiger partial charge is 0.344 e. The van der Waals surface area contributed by atoms with Crippen molar-refractivity contribution in [2.75, 3.05) is 13.1 Å². The summed E-state index contributed by atoms with van der Waals surface area (Å²) in [5, 5.41) is 6.21. The number of rotatable bonds is 5. The van der Waals surface area contributed by atoms with Gasteiger partial charge in [-0.1, -0.05) is 54.6 Å². The van der Waals surface area contributed by atoms with Gasteiger partial charge in [0, 0.05) is 19.0 Å². The van der Waals surface area contributed by atoms with Gasteiger partial charge in [0.1, 0.15) is 6.04 Å². The maximum absolute atomic E-state index is 13.1. The Balaban J connectivity index is 1.22. The molecule has 6 heteroatoms. The molecule has 4 aromatic rings.